The molecule has 4 nitrogen and oxygen atoms in total. The fraction of sp³-hybridized carbons (Fsp3) is 0.333. The molecule has 0 aliphatic heterocycles. The van der Waals surface area contributed by atoms with E-state index in [-0.39, 0.29) is 18.9 Å². The number of carbonyl (C=O) groups is 1. The standard InChI is InChI=1S/C12H14N2O2/c1-2-16-11-5-3-10(4-6-11)9-12(15)14-8-7-13/h3-6H,2,8-9H2,1H3,(H,14,15). The monoisotopic (exact) mass is 218 g/mol. The van der Waals surface area contributed by atoms with Gasteiger partial charge in [-0.25, -0.2) is 0 Å². The zero-order chi connectivity index (χ0) is 11.8. The highest BCUT2D eigenvalue weighted by Crippen LogP contribution is 2.12. The van der Waals surface area contributed by atoms with E-state index < -0.39 is 0 Å². The minimum atomic E-state index is -0.147. The van der Waals surface area contributed by atoms with Crippen LogP contribution in [0.4, 0.5) is 0 Å². The van der Waals surface area contributed by atoms with E-state index in [4.69, 9.17) is 10.00 Å². The summed E-state index contributed by atoms with van der Waals surface area (Å²) in [6.07, 6.45) is 0.286. The highest BCUT2D eigenvalue weighted by Gasteiger charge is 2.02. The molecule has 0 unspecified atom stereocenters. The Bertz CT molecular complexity index is 379. The fourth-order valence-electron chi connectivity index (χ4n) is 1.26. The molecule has 1 N–H and O–H groups in total. The number of hydrogen-bond acceptors (Lipinski definition) is 3. The molecule has 0 spiro atoms. The van der Waals surface area contributed by atoms with E-state index in [1.807, 2.05) is 37.3 Å². The van der Waals surface area contributed by atoms with Gasteiger partial charge in [0.25, 0.3) is 0 Å². The van der Waals surface area contributed by atoms with Gasteiger partial charge in [0.2, 0.25) is 5.91 Å². The van der Waals surface area contributed by atoms with Crippen LogP contribution >= 0.6 is 0 Å². The maximum Gasteiger partial charge on any atom is 0.225 e. The van der Waals surface area contributed by atoms with Gasteiger partial charge in [0.05, 0.1) is 19.1 Å². The highest BCUT2D eigenvalue weighted by atomic mass is 16.5. The summed E-state index contributed by atoms with van der Waals surface area (Å²) in [5.74, 6) is 0.648. The molecule has 1 rings (SSSR count). The molecule has 1 amide bonds. The maximum absolute atomic E-state index is 11.3. The first kappa shape index (κ1) is 12.1. The van der Waals surface area contributed by atoms with Gasteiger partial charge in [-0.2, -0.15) is 5.26 Å². The van der Waals surface area contributed by atoms with Gasteiger partial charge < -0.3 is 10.1 Å². The van der Waals surface area contributed by atoms with Crippen molar-refractivity contribution in [2.24, 2.45) is 0 Å². The molecule has 0 saturated carbocycles. The molecule has 84 valence electrons. The lowest BCUT2D eigenvalue weighted by atomic mass is 10.1. The summed E-state index contributed by atoms with van der Waals surface area (Å²) < 4.78 is 5.29. The fourth-order valence-corrected chi connectivity index (χ4v) is 1.26. The first-order chi connectivity index (χ1) is 7.76. The molecule has 0 bridgehead atoms. The zero-order valence-electron chi connectivity index (χ0n) is 9.19. The Morgan fingerprint density at radius 2 is 2.12 bits per heavy atom. The molecule has 0 radical (unpaired) electrons. The molecule has 16 heavy (non-hydrogen) atoms. The Balaban J connectivity index is 2.49. The van der Waals surface area contributed by atoms with Crippen molar-refractivity contribution in [3.05, 3.63) is 29.8 Å². The lowest BCUT2D eigenvalue weighted by Crippen LogP contribution is -2.25. The van der Waals surface area contributed by atoms with E-state index in [0.717, 1.165) is 11.3 Å². The molecule has 0 aliphatic carbocycles. The van der Waals surface area contributed by atoms with Crippen molar-refractivity contribution in [3.63, 3.8) is 0 Å². The van der Waals surface area contributed by atoms with Crippen LogP contribution in [0.5, 0.6) is 5.75 Å². The Labute approximate surface area is 94.8 Å². The van der Waals surface area contributed by atoms with Crippen LogP contribution in [0.2, 0.25) is 0 Å². The molecule has 4 heteroatoms. The molecule has 0 fully saturated rings. The van der Waals surface area contributed by atoms with Crippen molar-refractivity contribution in [1.29, 1.82) is 5.26 Å². The van der Waals surface area contributed by atoms with Crippen LogP contribution in [0.25, 0.3) is 0 Å². The van der Waals surface area contributed by atoms with E-state index in [0.29, 0.717) is 6.61 Å². The minimum absolute atomic E-state index is 0.0515. The largest absolute Gasteiger partial charge is 0.494 e. The van der Waals surface area contributed by atoms with Gasteiger partial charge in [-0.3, -0.25) is 4.79 Å². The Morgan fingerprint density at radius 1 is 1.44 bits per heavy atom. The molecular weight excluding hydrogens is 204 g/mol. The van der Waals surface area contributed by atoms with E-state index in [1.165, 1.54) is 0 Å². The Morgan fingerprint density at radius 3 is 2.69 bits per heavy atom. The van der Waals surface area contributed by atoms with Crippen molar-refractivity contribution in [2.75, 3.05) is 13.2 Å². The van der Waals surface area contributed by atoms with E-state index in [9.17, 15) is 4.79 Å². The second kappa shape index (κ2) is 6.46. The third-order valence-electron chi connectivity index (χ3n) is 1.96. The highest BCUT2D eigenvalue weighted by molar-refractivity contribution is 5.78. The Kier molecular flexibility index (Phi) is 4.87. The molecular formula is C12H14N2O2. The summed E-state index contributed by atoms with van der Waals surface area (Å²) in [5, 5.41) is 10.8. The smallest absolute Gasteiger partial charge is 0.225 e. The van der Waals surface area contributed by atoms with E-state index in [2.05, 4.69) is 5.32 Å². The second-order valence-corrected chi connectivity index (χ2v) is 3.19. The average molecular weight is 218 g/mol. The SMILES string of the molecule is CCOc1ccc(CC(=O)NCC#N)cc1. The molecule has 1 aromatic carbocycles. The van der Waals surface area contributed by atoms with Crippen LogP contribution in [0, 0.1) is 11.3 Å². The third kappa shape index (κ3) is 4.01. The van der Waals surface area contributed by atoms with Gasteiger partial charge in [0.15, 0.2) is 0 Å². The van der Waals surface area contributed by atoms with Crippen molar-refractivity contribution in [3.8, 4) is 11.8 Å². The van der Waals surface area contributed by atoms with Crippen LogP contribution in [0.3, 0.4) is 0 Å². The predicted molar refractivity (Wildman–Crippen MR) is 59.9 cm³/mol. The number of nitrogens with one attached hydrogen (secondary N) is 1. The lowest BCUT2D eigenvalue weighted by molar-refractivity contribution is -0.120. The summed E-state index contributed by atoms with van der Waals surface area (Å²) in [7, 11) is 0. The number of nitrogens with zero attached hydrogens (tertiary/aromatic N) is 1. The van der Waals surface area contributed by atoms with Crippen LogP contribution in [0.15, 0.2) is 24.3 Å². The van der Waals surface area contributed by atoms with Crippen LogP contribution < -0.4 is 10.1 Å². The Hall–Kier alpha value is -2.02. The topological polar surface area (TPSA) is 62.1 Å². The molecule has 1 aromatic rings. The van der Waals surface area contributed by atoms with Crippen molar-refractivity contribution < 1.29 is 9.53 Å². The second-order valence-electron chi connectivity index (χ2n) is 3.19. The number of nitriles is 1. The third-order valence-corrected chi connectivity index (χ3v) is 1.96. The first-order valence-electron chi connectivity index (χ1n) is 5.11. The van der Waals surface area contributed by atoms with Gasteiger partial charge in [0, 0.05) is 0 Å². The molecule has 0 saturated heterocycles. The van der Waals surface area contributed by atoms with Crippen LogP contribution in [-0.2, 0) is 11.2 Å². The number of benzene rings is 1. The predicted octanol–water partition coefficient (Wildman–Crippen LogP) is 1.27. The molecule has 0 atom stereocenters. The molecule has 0 aromatic heterocycles. The average Bonchev–Trinajstić information content (AvgIpc) is 2.29. The van der Waals surface area contributed by atoms with Crippen molar-refractivity contribution in [2.45, 2.75) is 13.3 Å². The summed E-state index contributed by atoms with van der Waals surface area (Å²) in [6.45, 7) is 2.60. The van der Waals surface area contributed by atoms with E-state index >= 15 is 0 Å². The van der Waals surface area contributed by atoms with Crippen LogP contribution in [0.1, 0.15) is 12.5 Å². The van der Waals surface area contributed by atoms with E-state index in [1.54, 1.807) is 0 Å². The molecule has 0 heterocycles. The number of rotatable bonds is 5. The van der Waals surface area contributed by atoms with Crippen molar-refractivity contribution >= 4 is 5.91 Å². The van der Waals surface area contributed by atoms with Crippen LogP contribution in [-0.4, -0.2) is 19.1 Å². The first-order valence-corrected chi connectivity index (χ1v) is 5.11. The molecule has 0 aliphatic rings. The van der Waals surface area contributed by atoms with Gasteiger partial charge in [-0.15, -0.1) is 0 Å². The van der Waals surface area contributed by atoms with Gasteiger partial charge in [-0.05, 0) is 24.6 Å². The van der Waals surface area contributed by atoms with Gasteiger partial charge in [-0.1, -0.05) is 12.1 Å². The van der Waals surface area contributed by atoms with Crippen molar-refractivity contribution in [1.82, 2.24) is 5.32 Å². The number of carbonyl (C=O) groups excluding carboxylic acids is 1. The normalized spacial score (nSPS) is 9.25. The summed E-state index contributed by atoms with van der Waals surface area (Å²) in [5.41, 5.74) is 0.902. The number of amides is 1. The lowest BCUT2D eigenvalue weighted by Gasteiger charge is -2.04. The zero-order valence-corrected chi connectivity index (χ0v) is 9.19. The quantitative estimate of drug-likeness (QED) is 0.757. The van der Waals surface area contributed by atoms with Gasteiger partial charge in [0.1, 0.15) is 12.3 Å². The summed E-state index contributed by atoms with van der Waals surface area (Å²) >= 11 is 0. The summed E-state index contributed by atoms with van der Waals surface area (Å²) in [6, 6.07) is 9.21. The van der Waals surface area contributed by atoms with Gasteiger partial charge >= 0.3 is 0 Å². The minimum Gasteiger partial charge on any atom is -0.494 e. The number of hydrogen-bond donors (Lipinski definition) is 1. The maximum atomic E-state index is 11.3. The number of ether oxygens (including phenoxy) is 1. The summed E-state index contributed by atoms with van der Waals surface area (Å²) in [4.78, 5) is 11.3.